The number of Topliss-reactive ketones (excluding diaryl/α,β-unsaturated/α-hetero) is 1. The van der Waals surface area contributed by atoms with Gasteiger partial charge >= 0.3 is 12.1 Å². The number of nitrogens with zero attached hydrogens (tertiary/aromatic N) is 1. The second-order valence-electron chi connectivity index (χ2n) is 12.7. The van der Waals surface area contributed by atoms with Crippen LogP contribution in [0.2, 0.25) is 0 Å². The lowest BCUT2D eigenvalue weighted by atomic mass is 9.75. The zero-order valence-corrected chi connectivity index (χ0v) is 24.5. The number of nitrogens with one attached hydrogen (secondary N) is 2. The van der Waals surface area contributed by atoms with Gasteiger partial charge in [0.15, 0.2) is 5.78 Å². The normalized spacial score (nSPS) is 19.8. The predicted octanol–water partition coefficient (Wildman–Crippen LogP) is 4.58. The molecular weight excluding hydrogens is 531 g/mol. The zero-order chi connectivity index (χ0) is 30.3. The Kier molecular flexibility index (Phi) is 8.20. The van der Waals surface area contributed by atoms with E-state index in [0.717, 1.165) is 17.7 Å². The first-order chi connectivity index (χ1) is 19.0. The fraction of sp³-hybridized carbons (Fsp3) is 0.533. The molecule has 0 spiro atoms. The number of rotatable bonds is 7. The van der Waals surface area contributed by atoms with E-state index >= 15 is 4.39 Å². The number of primary amides is 1. The number of nitrogens with two attached hydrogens (primary N) is 1. The Hall–Kier alpha value is -3.89. The molecule has 4 N–H and O–H groups in total. The second-order valence-corrected chi connectivity index (χ2v) is 12.7. The molecule has 222 valence electrons. The van der Waals surface area contributed by atoms with Crippen molar-refractivity contribution in [1.29, 1.82) is 0 Å². The first-order valence-electron chi connectivity index (χ1n) is 13.9. The quantitative estimate of drug-likeness (QED) is 0.414. The van der Waals surface area contributed by atoms with Crippen molar-refractivity contribution in [3.8, 4) is 5.69 Å². The minimum absolute atomic E-state index is 0.0526. The molecule has 1 aromatic heterocycles. The number of aromatic nitrogens is 1. The molecule has 41 heavy (non-hydrogen) atoms. The maximum absolute atomic E-state index is 15.4. The molecule has 1 fully saturated rings. The van der Waals surface area contributed by atoms with Crippen molar-refractivity contribution in [2.24, 2.45) is 11.1 Å². The average molecular weight is 571 g/mol. The number of benzene rings is 1. The summed E-state index contributed by atoms with van der Waals surface area (Å²) in [5.74, 6) is -2.33. The molecule has 0 aliphatic heterocycles. The van der Waals surface area contributed by atoms with Crippen LogP contribution in [0.4, 0.5) is 14.9 Å². The van der Waals surface area contributed by atoms with Crippen LogP contribution in [-0.2, 0) is 20.7 Å². The number of amides is 2. The SMILES string of the molecule is Cc1cn(-c2cc(F)c(C(N)=O)c(NC3CCCC3OC(=O)CNC(=O)OC(C)(C)C)c2)c2c1C(=O)CC(C)(C)C2. The Bertz CT molecular complexity index is 1390. The number of anilines is 1. The monoisotopic (exact) mass is 570 g/mol. The van der Waals surface area contributed by atoms with Crippen molar-refractivity contribution >= 4 is 29.4 Å². The van der Waals surface area contributed by atoms with Gasteiger partial charge in [-0.15, -0.1) is 0 Å². The highest BCUT2D eigenvalue weighted by Crippen LogP contribution is 2.39. The molecule has 1 heterocycles. The molecule has 0 bridgehead atoms. The van der Waals surface area contributed by atoms with Gasteiger partial charge in [-0.25, -0.2) is 9.18 Å². The van der Waals surface area contributed by atoms with Crippen LogP contribution in [0.25, 0.3) is 5.69 Å². The number of hydrogen-bond donors (Lipinski definition) is 3. The summed E-state index contributed by atoms with van der Waals surface area (Å²) in [6.45, 7) is 10.7. The van der Waals surface area contributed by atoms with E-state index in [4.69, 9.17) is 15.2 Å². The third-order valence-corrected chi connectivity index (χ3v) is 7.31. The number of carbonyl (C=O) groups is 4. The minimum atomic E-state index is -0.938. The van der Waals surface area contributed by atoms with Crippen LogP contribution in [0.15, 0.2) is 18.3 Å². The van der Waals surface area contributed by atoms with E-state index in [9.17, 15) is 19.2 Å². The van der Waals surface area contributed by atoms with Gasteiger partial charge < -0.3 is 30.4 Å². The summed E-state index contributed by atoms with van der Waals surface area (Å²) in [5, 5.41) is 5.57. The van der Waals surface area contributed by atoms with Crippen molar-refractivity contribution in [3.05, 3.63) is 46.5 Å². The number of carbonyl (C=O) groups excluding carboxylic acids is 4. The molecule has 2 aliphatic rings. The maximum atomic E-state index is 15.4. The Morgan fingerprint density at radius 3 is 2.54 bits per heavy atom. The Morgan fingerprint density at radius 2 is 1.88 bits per heavy atom. The second kappa shape index (κ2) is 11.2. The molecule has 2 unspecified atom stereocenters. The lowest BCUT2D eigenvalue weighted by Gasteiger charge is -2.30. The number of halogens is 1. The highest BCUT2D eigenvalue weighted by atomic mass is 19.1. The molecule has 2 atom stereocenters. The van der Waals surface area contributed by atoms with Crippen molar-refractivity contribution in [1.82, 2.24) is 9.88 Å². The van der Waals surface area contributed by atoms with E-state index in [1.807, 2.05) is 27.0 Å². The number of fused-ring (bicyclic) bond motifs is 1. The number of ether oxygens (including phenoxy) is 2. The number of hydrogen-bond acceptors (Lipinski definition) is 7. The first-order valence-corrected chi connectivity index (χ1v) is 13.9. The van der Waals surface area contributed by atoms with Gasteiger partial charge in [0.05, 0.1) is 23.0 Å². The average Bonchev–Trinajstić information content (AvgIpc) is 3.38. The molecule has 1 aromatic carbocycles. The first kappa shape index (κ1) is 30.1. The summed E-state index contributed by atoms with van der Waals surface area (Å²) in [5.41, 5.74) is 7.18. The van der Waals surface area contributed by atoms with Gasteiger partial charge in [0.1, 0.15) is 24.1 Å². The van der Waals surface area contributed by atoms with E-state index in [1.54, 1.807) is 31.4 Å². The molecule has 0 saturated heterocycles. The van der Waals surface area contributed by atoms with Crippen molar-refractivity contribution in [3.63, 3.8) is 0 Å². The summed E-state index contributed by atoms with van der Waals surface area (Å²) in [6, 6.07) is 2.45. The van der Waals surface area contributed by atoms with E-state index in [0.29, 0.717) is 36.9 Å². The number of ketones is 1. The minimum Gasteiger partial charge on any atom is -0.459 e. The third-order valence-electron chi connectivity index (χ3n) is 7.31. The summed E-state index contributed by atoms with van der Waals surface area (Å²) in [4.78, 5) is 49.5. The van der Waals surface area contributed by atoms with Crippen LogP contribution in [0.1, 0.15) is 92.3 Å². The summed E-state index contributed by atoms with van der Waals surface area (Å²) in [7, 11) is 0. The number of alkyl carbamates (subject to hydrolysis) is 1. The van der Waals surface area contributed by atoms with Gasteiger partial charge in [0.2, 0.25) is 0 Å². The molecule has 0 radical (unpaired) electrons. The summed E-state index contributed by atoms with van der Waals surface area (Å²) in [6.07, 6.45) is 3.43. The molecule has 2 aromatic rings. The lowest BCUT2D eigenvalue weighted by molar-refractivity contribution is -0.147. The predicted molar refractivity (Wildman–Crippen MR) is 151 cm³/mol. The fourth-order valence-corrected chi connectivity index (χ4v) is 5.70. The summed E-state index contributed by atoms with van der Waals surface area (Å²) < 4.78 is 28.0. The van der Waals surface area contributed by atoms with Crippen LogP contribution in [0.5, 0.6) is 0 Å². The van der Waals surface area contributed by atoms with Crippen LogP contribution in [0, 0.1) is 18.2 Å². The van der Waals surface area contributed by atoms with E-state index in [2.05, 4.69) is 10.6 Å². The summed E-state index contributed by atoms with van der Waals surface area (Å²) >= 11 is 0. The maximum Gasteiger partial charge on any atom is 0.408 e. The topological polar surface area (TPSA) is 142 Å². The molecular formula is C30H39FN4O6. The molecule has 2 aliphatic carbocycles. The van der Waals surface area contributed by atoms with Gasteiger partial charge in [-0.05, 0) is 76.5 Å². The third kappa shape index (κ3) is 6.89. The van der Waals surface area contributed by atoms with Crippen LogP contribution in [-0.4, -0.2) is 52.6 Å². The van der Waals surface area contributed by atoms with E-state index in [-0.39, 0.29) is 29.0 Å². The van der Waals surface area contributed by atoms with Gasteiger partial charge in [-0.2, -0.15) is 0 Å². The van der Waals surface area contributed by atoms with Crippen molar-refractivity contribution < 1.29 is 33.0 Å². The van der Waals surface area contributed by atoms with Crippen molar-refractivity contribution in [2.75, 3.05) is 11.9 Å². The highest BCUT2D eigenvalue weighted by molar-refractivity contribution is 6.01. The fourth-order valence-electron chi connectivity index (χ4n) is 5.70. The number of esters is 1. The Labute approximate surface area is 239 Å². The van der Waals surface area contributed by atoms with E-state index < -0.39 is 41.5 Å². The molecule has 4 rings (SSSR count). The van der Waals surface area contributed by atoms with Gasteiger partial charge in [0, 0.05) is 23.9 Å². The highest BCUT2D eigenvalue weighted by Gasteiger charge is 2.36. The van der Waals surface area contributed by atoms with Gasteiger partial charge in [-0.3, -0.25) is 14.4 Å². The van der Waals surface area contributed by atoms with Crippen LogP contribution in [0.3, 0.4) is 0 Å². The lowest BCUT2D eigenvalue weighted by Crippen LogP contribution is -2.39. The Balaban J connectivity index is 1.57. The van der Waals surface area contributed by atoms with Crippen LogP contribution >= 0.6 is 0 Å². The largest absolute Gasteiger partial charge is 0.459 e. The smallest absolute Gasteiger partial charge is 0.408 e. The number of aryl methyl sites for hydroxylation is 1. The van der Waals surface area contributed by atoms with Crippen molar-refractivity contribution in [2.45, 2.75) is 91.4 Å². The standard InChI is InChI=1S/C30H39FN4O6/c1-16-15-35(21-12-30(5,6)13-22(36)25(16)21)17-10-18(31)26(27(32)38)20(11-17)34-19-8-7-9-23(19)40-24(37)14-33-28(39)41-29(2,3)4/h10-11,15,19,23,34H,7-9,12-14H2,1-6H3,(H2,32,38)(H,33,39). The van der Waals surface area contributed by atoms with Gasteiger partial charge in [-0.1, -0.05) is 13.8 Å². The van der Waals surface area contributed by atoms with E-state index in [1.165, 1.54) is 6.07 Å². The van der Waals surface area contributed by atoms with Gasteiger partial charge in [0.25, 0.3) is 5.91 Å². The Morgan fingerprint density at radius 1 is 1.17 bits per heavy atom. The molecule has 1 saturated carbocycles. The molecule has 10 nitrogen and oxygen atoms in total. The zero-order valence-electron chi connectivity index (χ0n) is 24.5. The molecule has 2 amide bonds. The molecule has 11 heteroatoms. The van der Waals surface area contributed by atoms with Crippen LogP contribution < -0.4 is 16.4 Å².